The van der Waals surface area contributed by atoms with Gasteiger partial charge in [0.15, 0.2) is 0 Å². The molecular weight excluding hydrogens is 263 g/mol. The first-order valence-corrected chi connectivity index (χ1v) is 6.44. The molecule has 8 heteroatoms. The predicted octanol–water partition coefficient (Wildman–Crippen LogP) is -0.350. The molecule has 100 valence electrons. The molecule has 0 aromatic carbocycles. The Kier molecular flexibility index (Phi) is 11.8. The van der Waals surface area contributed by atoms with Gasteiger partial charge in [-0.2, -0.15) is 12.6 Å². The van der Waals surface area contributed by atoms with Gasteiger partial charge in [-0.3, -0.25) is 9.59 Å². The van der Waals surface area contributed by atoms with Crippen molar-refractivity contribution in [2.75, 3.05) is 45.3 Å². The number of hydrogen-bond acceptors (Lipinski definition) is 5. The van der Waals surface area contributed by atoms with Crippen LogP contribution in [0.3, 0.4) is 0 Å². The molecule has 0 bridgehead atoms. The second-order valence-electron chi connectivity index (χ2n) is 3.03. The van der Waals surface area contributed by atoms with Gasteiger partial charge in [0.2, 0.25) is 11.6 Å². The van der Waals surface area contributed by atoms with Gasteiger partial charge in [-0.05, 0) is 9.24 Å². The first-order chi connectivity index (χ1) is 8.16. The third-order valence-corrected chi connectivity index (χ3v) is 2.01. The molecule has 1 atom stereocenters. The number of ether oxygens (including phenoxy) is 2. The quantitative estimate of drug-likeness (QED) is 0.291. The maximum atomic E-state index is 11.1. The Bertz CT molecular complexity index is 231. The van der Waals surface area contributed by atoms with Gasteiger partial charge in [-0.25, -0.2) is 0 Å². The average Bonchev–Trinajstić information content (AvgIpc) is 2.29. The van der Waals surface area contributed by atoms with Crippen LogP contribution >= 0.6 is 21.9 Å². The molecule has 0 saturated heterocycles. The maximum absolute atomic E-state index is 11.1. The normalized spacial score (nSPS) is 10.0. The molecule has 6 nitrogen and oxygen atoms in total. The van der Waals surface area contributed by atoms with E-state index in [1.165, 1.54) is 0 Å². The van der Waals surface area contributed by atoms with E-state index in [1.54, 1.807) is 0 Å². The smallest absolute Gasteiger partial charge is 0.246 e. The number of rotatable bonds is 10. The Balaban J connectivity index is 3.12. The van der Waals surface area contributed by atoms with Crippen LogP contribution in [0.2, 0.25) is 0 Å². The highest BCUT2D eigenvalue weighted by Gasteiger charge is 1.99. The van der Waals surface area contributed by atoms with Crippen LogP contribution in [-0.2, 0) is 14.3 Å². The number of carbonyl (C=O) groups excluding carboxylic acids is 2. The van der Waals surface area contributed by atoms with Crippen molar-refractivity contribution in [2.45, 2.75) is 0 Å². The summed E-state index contributed by atoms with van der Waals surface area (Å²) in [6.45, 7) is 2.20. The first-order valence-electron chi connectivity index (χ1n) is 5.23. The van der Waals surface area contributed by atoms with Gasteiger partial charge < -0.3 is 20.1 Å². The fourth-order valence-electron chi connectivity index (χ4n) is 0.878. The number of amides is 2. The number of thiol groups is 1. The Morgan fingerprint density at radius 3 is 2.41 bits per heavy atom. The van der Waals surface area contributed by atoms with Crippen molar-refractivity contribution < 1.29 is 19.1 Å². The van der Waals surface area contributed by atoms with E-state index in [0.717, 1.165) is 0 Å². The van der Waals surface area contributed by atoms with Crippen molar-refractivity contribution in [3.05, 3.63) is 0 Å². The summed E-state index contributed by atoms with van der Waals surface area (Å²) in [5.41, 5.74) is -0.161. The van der Waals surface area contributed by atoms with Crippen molar-refractivity contribution in [3.63, 3.8) is 0 Å². The number of carbonyl (C=O) groups is 2. The molecule has 0 aliphatic heterocycles. The van der Waals surface area contributed by atoms with E-state index in [4.69, 9.17) is 9.47 Å². The topological polar surface area (TPSA) is 76.7 Å². The molecular formula is C9H19N2O4PS. The summed E-state index contributed by atoms with van der Waals surface area (Å²) in [7, 11) is 2.02. The molecule has 0 aromatic heterocycles. The van der Waals surface area contributed by atoms with Gasteiger partial charge >= 0.3 is 0 Å². The summed E-state index contributed by atoms with van der Waals surface area (Å²) in [5.74, 6) is 0.449. The average molecular weight is 282 g/mol. The zero-order valence-electron chi connectivity index (χ0n) is 9.61. The summed E-state index contributed by atoms with van der Waals surface area (Å²) >= 11 is 3.96. The molecule has 0 radical (unpaired) electrons. The zero-order valence-corrected chi connectivity index (χ0v) is 11.7. The van der Waals surface area contributed by atoms with E-state index in [1.807, 2.05) is 9.24 Å². The number of hydrogen-bond donors (Lipinski definition) is 3. The van der Waals surface area contributed by atoms with Crippen molar-refractivity contribution in [2.24, 2.45) is 0 Å². The lowest BCUT2D eigenvalue weighted by molar-refractivity contribution is -0.126. The molecule has 0 aromatic rings. The van der Waals surface area contributed by atoms with Gasteiger partial charge in [-0.15, -0.1) is 0 Å². The van der Waals surface area contributed by atoms with Crippen molar-refractivity contribution in [1.82, 2.24) is 10.6 Å². The lowest BCUT2D eigenvalue weighted by atomic mass is 10.6. The fraction of sp³-hybridized carbons (Fsp3) is 0.778. The van der Waals surface area contributed by atoms with Crippen LogP contribution < -0.4 is 10.6 Å². The Hall–Kier alpha value is -0.360. The third kappa shape index (κ3) is 13.6. The van der Waals surface area contributed by atoms with E-state index in [9.17, 15) is 9.59 Å². The van der Waals surface area contributed by atoms with E-state index in [-0.39, 0.29) is 18.2 Å². The summed E-state index contributed by atoms with van der Waals surface area (Å²) in [6, 6.07) is 0. The highest BCUT2D eigenvalue weighted by molar-refractivity contribution is 7.80. The Morgan fingerprint density at radius 2 is 1.76 bits per heavy atom. The largest absolute Gasteiger partial charge is 0.377 e. The SMILES string of the molecule is O=C(P)NCCOCCOCC(=O)NCCS. The molecule has 1 unspecified atom stereocenters. The maximum Gasteiger partial charge on any atom is 0.246 e. The lowest BCUT2D eigenvalue weighted by Crippen LogP contribution is -2.29. The van der Waals surface area contributed by atoms with Crippen LogP contribution in [0.5, 0.6) is 0 Å². The second-order valence-corrected chi connectivity index (χ2v) is 4.00. The van der Waals surface area contributed by atoms with Gasteiger partial charge in [-0.1, -0.05) is 0 Å². The van der Waals surface area contributed by atoms with Gasteiger partial charge in [0, 0.05) is 18.8 Å². The first kappa shape index (κ1) is 16.6. The molecule has 0 spiro atoms. The Labute approximate surface area is 109 Å². The predicted molar refractivity (Wildman–Crippen MR) is 71.6 cm³/mol. The molecule has 0 saturated carbocycles. The van der Waals surface area contributed by atoms with Crippen LogP contribution in [-0.4, -0.2) is 56.8 Å². The van der Waals surface area contributed by atoms with Crippen LogP contribution in [0.15, 0.2) is 0 Å². The second kappa shape index (κ2) is 12.1. The number of nitrogens with one attached hydrogen (secondary N) is 2. The summed E-state index contributed by atoms with van der Waals surface area (Å²) < 4.78 is 10.2. The molecule has 2 N–H and O–H groups in total. The van der Waals surface area contributed by atoms with Crippen LogP contribution in [0, 0.1) is 0 Å². The molecule has 0 fully saturated rings. The standard InChI is InChI=1S/C9H19N2O4PS/c12-8(10-2-6-17)7-15-5-4-14-3-1-11-9(13)16/h17H,1-7,16H2,(H,10,12)(H,11,13). The van der Waals surface area contributed by atoms with Crippen molar-refractivity contribution >= 4 is 33.4 Å². The third-order valence-electron chi connectivity index (χ3n) is 1.58. The van der Waals surface area contributed by atoms with E-state index >= 15 is 0 Å². The Morgan fingerprint density at radius 1 is 1.06 bits per heavy atom. The minimum absolute atomic E-state index is 0.0273. The minimum Gasteiger partial charge on any atom is -0.377 e. The zero-order chi connectivity index (χ0) is 12.9. The summed E-state index contributed by atoms with van der Waals surface area (Å²) in [5, 5.41) is 5.19. The summed E-state index contributed by atoms with van der Waals surface area (Å²) in [6.07, 6.45) is 0. The van der Waals surface area contributed by atoms with Crippen LogP contribution in [0.1, 0.15) is 0 Å². The van der Waals surface area contributed by atoms with E-state index in [0.29, 0.717) is 38.7 Å². The highest BCUT2D eigenvalue weighted by Crippen LogP contribution is 1.82. The van der Waals surface area contributed by atoms with Gasteiger partial charge in [0.05, 0.1) is 19.8 Å². The molecule has 2 amide bonds. The molecule has 17 heavy (non-hydrogen) atoms. The minimum atomic E-state index is -0.161. The van der Waals surface area contributed by atoms with E-state index in [2.05, 4.69) is 23.3 Å². The molecule has 0 rings (SSSR count). The van der Waals surface area contributed by atoms with Crippen LogP contribution in [0.4, 0.5) is 4.79 Å². The lowest BCUT2D eigenvalue weighted by Gasteiger charge is -2.06. The highest BCUT2D eigenvalue weighted by atomic mass is 32.1. The van der Waals surface area contributed by atoms with Crippen molar-refractivity contribution in [1.29, 1.82) is 0 Å². The van der Waals surface area contributed by atoms with Crippen molar-refractivity contribution in [3.8, 4) is 0 Å². The summed E-state index contributed by atoms with van der Waals surface area (Å²) in [4.78, 5) is 21.5. The fourth-order valence-corrected chi connectivity index (χ4v) is 1.13. The molecule has 0 aliphatic rings. The van der Waals surface area contributed by atoms with Gasteiger partial charge in [0.1, 0.15) is 6.61 Å². The van der Waals surface area contributed by atoms with E-state index < -0.39 is 0 Å². The van der Waals surface area contributed by atoms with Crippen LogP contribution in [0.25, 0.3) is 0 Å². The monoisotopic (exact) mass is 282 g/mol. The molecule has 0 heterocycles. The van der Waals surface area contributed by atoms with Gasteiger partial charge in [0.25, 0.3) is 0 Å². The molecule has 0 aliphatic carbocycles.